The second kappa shape index (κ2) is 8.62. The number of hydrogen-bond donors (Lipinski definition) is 1. The van der Waals surface area contributed by atoms with Gasteiger partial charge in [0.25, 0.3) is 5.91 Å². The molecule has 2 rings (SSSR count). The molecule has 1 aromatic heterocycles. The zero-order valence-corrected chi connectivity index (χ0v) is 15.4. The third kappa shape index (κ3) is 5.29. The molecule has 0 radical (unpaired) electrons. The Kier molecular flexibility index (Phi) is 6.52. The average Bonchev–Trinajstić information content (AvgIpc) is 2.94. The van der Waals surface area contributed by atoms with Crippen molar-refractivity contribution in [2.24, 2.45) is 0 Å². The number of hydrogen-bond acceptors (Lipinski definition) is 5. The molecule has 0 spiro atoms. The van der Waals surface area contributed by atoms with Gasteiger partial charge >= 0.3 is 5.97 Å². The molecule has 0 aliphatic heterocycles. The number of ether oxygens (including phenoxy) is 1. The number of aliphatic carboxylic acids is 1. The Morgan fingerprint density at radius 2 is 1.96 bits per heavy atom. The molecule has 2 aromatic rings. The van der Waals surface area contributed by atoms with Crippen molar-refractivity contribution in [2.45, 2.75) is 33.2 Å². The maximum absolute atomic E-state index is 12.6. The van der Waals surface area contributed by atoms with Crippen LogP contribution in [0, 0.1) is 6.92 Å². The zero-order valence-electron chi connectivity index (χ0n) is 14.6. The van der Waals surface area contributed by atoms with E-state index in [1.807, 2.05) is 19.1 Å². The van der Waals surface area contributed by atoms with E-state index in [0.717, 1.165) is 29.1 Å². The number of aryl methyl sites for hydroxylation is 2. The van der Waals surface area contributed by atoms with Gasteiger partial charge in [-0.2, -0.15) is 0 Å². The van der Waals surface area contributed by atoms with Crippen LogP contribution in [0.2, 0.25) is 0 Å². The third-order valence-corrected chi connectivity index (χ3v) is 4.76. The lowest BCUT2D eigenvalue weighted by Gasteiger charge is -2.17. The molecule has 1 amide bonds. The van der Waals surface area contributed by atoms with Gasteiger partial charge in [-0.3, -0.25) is 4.79 Å². The van der Waals surface area contributed by atoms with Crippen molar-refractivity contribution in [3.63, 3.8) is 0 Å². The Bertz CT molecular complexity index is 740. The van der Waals surface area contributed by atoms with Crippen LogP contribution in [0.4, 0.5) is 0 Å². The molecule has 0 fully saturated rings. The average molecular weight is 362 g/mol. The number of benzene rings is 1. The largest absolute Gasteiger partial charge is 0.482 e. The first-order valence-electron chi connectivity index (χ1n) is 8.06. The summed E-state index contributed by atoms with van der Waals surface area (Å²) in [5, 5.41) is 9.60. The quantitative estimate of drug-likeness (QED) is 0.780. The lowest BCUT2D eigenvalue weighted by atomic mass is 10.2. The van der Waals surface area contributed by atoms with Crippen molar-refractivity contribution in [3.8, 4) is 5.75 Å². The maximum Gasteiger partial charge on any atom is 0.341 e. The Morgan fingerprint density at radius 3 is 2.56 bits per heavy atom. The highest BCUT2D eigenvalue weighted by atomic mass is 32.1. The molecule has 7 heteroatoms. The van der Waals surface area contributed by atoms with Crippen LogP contribution in [-0.2, 0) is 17.8 Å². The van der Waals surface area contributed by atoms with Crippen molar-refractivity contribution in [2.75, 3.05) is 13.7 Å². The number of carbonyl (C=O) groups excluding carboxylic acids is 1. The molecular weight excluding hydrogens is 340 g/mol. The normalized spacial score (nSPS) is 10.5. The van der Waals surface area contributed by atoms with Gasteiger partial charge < -0.3 is 14.7 Å². The minimum Gasteiger partial charge on any atom is -0.482 e. The molecule has 0 saturated carbocycles. The number of nitrogens with zero attached hydrogens (tertiary/aromatic N) is 2. The van der Waals surface area contributed by atoms with E-state index in [0.29, 0.717) is 17.2 Å². The first-order chi connectivity index (χ1) is 11.9. The molecular formula is C18H22N2O4S. The van der Waals surface area contributed by atoms with E-state index < -0.39 is 5.97 Å². The first-order valence-corrected chi connectivity index (χ1v) is 8.87. The van der Waals surface area contributed by atoms with E-state index >= 15 is 0 Å². The lowest BCUT2D eigenvalue weighted by Crippen LogP contribution is -2.26. The highest BCUT2D eigenvalue weighted by Gasteiger charge is 2.19. The predicted octanol–water partition coefficient (Wildman–Crippen LogP) is 3.14. The van der Waals surface area contributed by atoms with Crippen LogP contribution in [0.3, 0.4) is 0 Å². The Balaban J connectivity index is 2.00. The smallest absolute Gasteiger partial charge is 0.341 e. The van der Waals surface area contributed by atoms with Gasteiger partial charge in [0.2, 0.25) is 0 Å². The second-order valence-corrected chi connectivity index (χ2v) is 6.84. The Labute approximate surface area is 151 Å². The number of carbonyl (C=O) groups is 2. The molecule has 0 saturated heterocycles. The van der Waals surface area contributed by atoms with Crippen molar-refractivity contribution in [3.05, 3.63) is 45.4 Å². The lowest BCUT2D eigenvalue weighted by molar-refractivity contribution is -0.139. The SMILES string of the molecule is CCCc1nc(C)c(C(=O)N(C)Cc2ccc(OCC(=O)O)cc2)s1. The van der Waals surface area contributed by atoms with Crippen molar-refractivity contribution >= 4 is 23.2 Å². The fourth-order valence-electron chi connectivity index (χ4n) is 2.33. The highest BCUT2D eigenvalue weighted by molar-refractivity contribution is 7.13. The minimum atomic E-state index is -1.02. The van der Waals surface area contributed by atoms with Crippen LogP contribution in [-0.4, -0.2) is 40.5 Å². The summed E-state index contributed by atoms with van der Waals surface area (Å²) in [6.45, 7) is 4.04. The molecule has 0 aliphatic carbocycles. The summed E-state index contributed by atoms with van der Waals surface area (Å²) in [7, 11) is 1.76. The predicted molar refractivity (Wildman–Crippen MR) is 96.2 cm³/mol. The summed E-state index contributed by atoms with van der Waals surface area (Å²) in [6.07, 6.45) is 1.90. The van der Waals surface area contributed by atoms with E-state index in [4.69, 9.17) is 9.84 Å². The van der Waals surface area contributed by atoms with Crippen LogP contribution in [0.1, 0.15) is 39.3 Å². The number of amides is 1. The summed E-state index contributed by atoms with van der Waals surface area (Å²) in [6, 6.07) is 7.05. The molecule has 0 bridgehead atoms. The highest BCUT2D eigenvalue weighted by Crippen LogP contribution is 2.22. The van der Waals surface area contributed by atoms with Crippen molar-refractivity contribution in [1.82, 2.24) is 9.88 Å². The molecule has 0 atom stereocenters. The maximum atomic E-state index is 12.6. The van der Waals surface area contributed by atoms with Gasteiger partial charge in [-0.25, -0.2) is 9.78 Å². The molecule has 134 valence electrons. The molecule has 0 aliphatic rings. The molecule has 6 nitrogen and oxygen atoms in total. The number of carboxylic acid groups (broad SMARTS) is 1. The standard InChI is InChI=1S/C18H22N2O4S/c1-4-5-15-19-12(2)17(25-15)18(23)20(3)10-13-6-8-14(9-7-13)24-11-16(21)22/h6-9H,4-5,10-11H2,1-3H3,(H,21,22). The molecule has 1 heterocycles. The molecule has 1 aromatic carbocycles. The van der Waals surface area contributed by atoms with E-state index in [1.54, 1.807) is 24.1 Å². The number of rotatable bonds is 8. The van der Waals surface area contributed by atoms with Gasteiger partial charge in [0, 0.05) is 13.6 Å². The summed E-state index contributed by atoms with van der Waals surface area (Å²) in [5.74, 6) is -0.567. The van der Waals surface area contributed by atoms with E-state index in [1.165, 1.54) is 11.3 Å². The summed E-state index contributed by atoms with van der Waals surface area (Å²) in [4.78, 5) is 29.9. The fraction of sp³-hybridized carbons (Fsp3) is 0.389. The van der Waals surface area contributed by atoms with Crippen LogP contribution in [0.15, 0.2) is 24.3 Å². The monoisotopic (exact) mass is 362 g/mol. The topological polar surface area (TPSA) is 79.7 Å². The van der Waals surface area contributed by atoms with Gasteiger partial charge in [-0.05, 0) is 37.5 Å². The van der Waals surface area contributed by atoms with Crippen LogP contribution >= 0.6 is 11.3 Å². The van der Waals surface area contributed by atoms with Crippen LogP contribution in [0.5, 0.6) is 5.75 Å². The first kappa shape index (κ1) is 18.9. The number of thiazole rings is 1. The Morgan fingerprint density at radius 1 is 1.28 bits per heavy atom. The van der Waals surface area contributed by atoms with Crippen LogP contribution < -0.4 is 4.74 Å². The Hall–Kier alpha value is -2.41. The molecule has 1 N–H and O–H groups in total. The van der Waals surface area contributed by atoms with Gasteiger partial charge in [0.05, 0.1) is 10.7 Å². The molecule has 25 heavy (non-hydrogen) atoms. The third-order valence-electron chi connectivity index (χ3n) is 3.55. The van der Waals surface area contributed by atoms with Gasteiger partial charge in [0.1, 0.15) is 10.6 Å². The van der Waals surface area contributed by atoms with E-state index in [-0.39, 0.29) is 12.5 Å². The summed E-state index contributed by atoms with van der Waals surface area (Å²) in [5.41, 5.74) is 1.72. The van der Waals surface area contributed by atoms with Crippen molar-refractivity contribution in [1.29, 1.82) is 0 Å². The minimum absolute atomic E-state index is 0.0384. The van der Waals surface area contributed by atoms with Crippen molar-refractivity contribution < 1.29 is 19.4 Å². The van der Waals surface area contributed by atoms with E-state index in [2.05, 4.69) is 11.9 Å². The molecule has 0 unspecified atom stereocenters. The zero-order chi connectivity index (χ0) is 18.4. The van der Waals surface area contributed by atoms with Gasteiger partial charge in [0.15, 0.2) is 6.61 Å². The number of aromatic nitrogens is 1. The summed E-state index contributed by atoms with van der Waals surface area (Å²) >= 11 is 1.46. The van der Waals surface area contributed by atoms with Crippen LogP contribution in [0.25, 0.3) is 0 Å². The number of carboxylic acids is 1. The second-order valence-electron chi connectivity index (χ2n) is 5.76. The fourth-order valence-corrected chi connectivity index (χ4v) is 3.49. The van der Waals surface area contributed by atoms with E-state index in [9.17, 15) is 9.59 Å². The van der Waals surface area contributed by atoms with Gasteiger partial charge in [-0.1, -0.05) is 19.1 Å². The van der Waals surface area contributed by atoms with Gasteiger partial charge in [-0.15, -0.1) is 11.3 Å². The summed E-state index contributed by atoms with van der Waals surface area (Å²) < 4.78 is 5.10.